The third-order valence-electron chi connectivity index (χ3n) is 3.02. The average Bonchev–Trinajstić information content (AvgIpc) is 2.68. The second-order valence-electron chi connectivity index (χ2n) is 4.25. The Morgan fingerprint density at radius 2 is 2.22 bits per heavy atom. The SMILES string of the molecule is CCC(C#N)C(=O)Nc1c(C)[nH]c2ccccc12. The molecule has 1 aromatic heterocycles. The molecule has 0 aliphatic rings. The Bertz CT molecular complexity index is 621. The minimum Gasteiger partial charge on any atom is -0.357 e. The molecule has 0 radical (unpaired) electrons. The Morgan fingerprint density at radius 3 is 2.89 bits per heavy atom. The maximum Gasteiger partial charge on any atom is 0.241 e. The van der Waals surface area contributed by atoms with Gasteiger partial charge in [-0.3, -0.25) is 4.79 Å². The molecule has 18 heavy (non-hydrogen) atoms. The molecule has 2 rings (SSSR count). The van der Waals surface area contributed by atoms with Gasteiger partial charge in [0.15, 0.2) is 0 Å². The van der Waals surface area contributed by atoms with E-state index in [0.717, 1.165) is 22.3 Å². The Kier molecular flexibility index (Phi) is 3.33. The molecule has 1 unspecified atom stereocenters. The normalized spacial score (nSPS) is 12.1. The number of para-hydroxylation sites is 1. The molecule has 1 heterocycles. The zero-order valence-electron chi connectivity index (χ0n) is 10.4. The molecule has 0 aliphatic heterocycles. The van der Waals surface area contributed by atoms with Gasteiger partial charge in [0.25, 0.3) is 0 Å². The summed E-state index contributed by atoms with van der Waals surface area (Å²) in [6.07, 6.45) is 0.518. The molecule has 0 bridgehead atoms. The van der Waals surface area contributed by atoms with Crippen LogP contribution in [0.4, 0.5) is 5.69 Å². The number of nitrogens with zero attached hydrogens (tertiary/aromatic N) is 1. The quantitative estimate of drug-likeness (QED) is 0.867. The Morgan fingerprint density at radius 1 is 1.50 bits per heavy atom. The summed E-state index contributed by atoms with van der Waals surface area (Å²) in [5.74, 6) is -0.842. The number of amides is 1. The minimum atomic E-state index is -0.599. The molecule has 0 spiro atoms. The van der Waals surface area contributed by atoms with Gasteiger partial charge in [-0.2, -0.15) is 5.26 Å². The monoisotopic (exact) mass is 241 g/mol. The maximum atomic E-state index is 11.9. The second kappa shape index (κ2) is 4.92. The van der Waals surface area contributed by atoms with Gasteiger partial charge in [-0.15, -0.1) is 0 Å². The van der Waals surface area contributed by atoms with Crippen LogP contribution >= 0.6 is 0 Å². The van der Waals surface area contributed by atoms with Crippen molar-refractivity contribution in [3.05, 3.63) is 30.0 Å². The summed E-state index contributed by atoms with van der Waals surface area (Å²) in [6, 6.07) is 9.78. The van der Waals surface area contributed by atoms with Crippen molar-refractivity contribution in [3.63, 3.8) is 0 Å². The molecule has 4 nitrogen and oxygen atoms in total. The van der Waals surface area contributed by atoms with Crippen molar-refractivity contribution in [1.29, 1.82) is 5.26 Å². The second-order valence-corrected chi connectivity index (χ2v) is 4.25. The van der Waals surface area contributed by atoms with Crippen LogP contribution in [0.3, 0.4) is 0 Å². The number of hydrogen-bond donors (Lipinski definition) is 2. The van der Waals surface area contributed by atoms with Gasteiger partial charge >= 0.3 is 0 Å². The molecule has 2 aromatic rings. The molecule has 1 aromatic carbocycles. The van der Waals surface area contributed by atoms with Gasteiger partial charge in [-0.25, -0.2) is 0 Å². The first-order chi connectivity index (χ1) is 8.67. The number of hydrogen-bond acceptors (Lipinski definition) is 2. The molecule has 4 heteroatoms. The van der Waals surface area contributed by atoms with Crippen molar-refractivity contribution in [2.75, 3.05) is 5.32 Å². The van der Waals surface area contributed by atoms with Crippen molar-refractivity contribution < 1.29 is 4.79 Å². The largest absolute Gasteiger partial charge is 0.357 e. The number of nitriles is 1. The summed E-state index contributed by atoms with van der Waals surface area (Å²) in [6.45, 7) is 3.73. The van der Waals surface area contributed by atoms with E-state index in [4.69, 9.17) is 5.26 Å². The smallest absolute Gasteiger partial charge is 0.241 e. The van der Waals surface area contributed by atoms with E-state index in [1.165, 1.54) is 0 Å². The van der Waals surface area contributed by atoms with Crippen LogP contribution < -0.4 is 5.32 Å². The lowest BCUT2D eigenvalue weighted by Crippen LogP contribution is -2.21. The standard InChI is InChI=1S/C14H15N3O/c1-3-10(8-15)14(18)17-13-9(2)16-12-7-5-4-6-11(12)13/h4-7,10,16H,3H2,1-2H3,(H,17,18). The van der Waals surface area contributed by atoms with Gasteiger partial charge in [0.2, 0.25) is 5.91 Å². The van der Waals surface area contributed by atoms with Crippen molar-refractivity contribution in [1.82, 2.24) is 4.98 Å². The number of carbonyl (C=O) groups is 1. The third-order valence-corrected chi connectivity index (χ3v) is 3.02. The third kappa shape index (κ3) is 2.07. The lowest BCUT2D eigenvalue weighted by atomic mass is 10.1. The summed E-state index contributed by atoms with van der Waals surface area (Å²) in [4.78, 5) is 15.1. The first-order valence-electron chi connectivity index (χ1n) is 5.95. The Labute approximate surface area is 106 Å². The zero-order chi connectivity index (χ0) is 13.1. The van der Waals surface area contributed by atoms with E-state index >= 15 is 0 Å². The average molecular weight is 241 g/mol. The van der Waals surface area contributed by atoms with E-state index in [1.807, 2.05) is 44.2 Å². The Hall–Kier alpha value is -2.28. The van der Waals surface area contributed by atoms with E-state index in [0.29, 0.717) is 6.42 Å². The van der Waals surface area contributed by atoms with Crippen molar-refractivity contribution in [3.8, 4) is 6.07 Å². The van der Waals surface area contributed by atoms with Crippen LogP contribution in [0.25, 0.3) is 10.9 Å². The summed E-state index contributed by atoms with van der Waals surface area (Å²) < 4.78 is 0. The number of anilines is 1. The topological polar surface area (TPSA) is 68.7 Å². The molecular formula is C14H15N3O. The van der Waals surface area contributed by atoms with Crippen LogP contribution in [0.2, 0.25) is 0 Å². The maximum absolute atomic E-state index is 11.9. The molecule has 0 fully saturated rings. The number of carbonyl (C=O) groups excluding carboxylic acids is 1. The predicted molar refractivity (Wildman–Crippen MR) is 71.1 cm³/mol. The number of aryl methyl sites for hydroxylation is 1. The van der Waals surface area contributed by atoms with Crippen LogP contribution in [-0.2, 0) is 4.79 Å². The molecule has 2 N–H and O–H groups in total. The molecule has 0 aliphatic carbocycles. The minimum absolute atomic E-state index is 0.243. The van der Waals surface area contributed by atoms with E-state index in [-0.39, 0.29) is 5.91 Å². The molecule has 92 valence electrons. The van der Waals surface area contributed by atoms with Gasteiger partial charge in [0.05, 0.1) is 11.8 Å². The number of rotatable bonds is 3. The summed E-state index contributed by atoms with van der Waals surface area (Å²) >= 11 is 0. The highest BCUT2D eigenvalue weighted by Gasteiger charge is 2.18. The highest BCUT2D eigenvalue weighted by atomic mass is 16.1. The van der Waals surface area contributed by atoms with E-state index < -0.39 is 5.92 Å². The zero-order valence-corrected chi connectivity index (χ0v) is 10.4. The fraction of sp³-hybridized carbons (Fsp3) is 0.286. The highest BCUT2D eigenvalue weighted by molar-refractivity contribution is 6.04. The van der Waals surface area contributed by atoms with E-state index in [2.05, 4.69) is 10.3 Å². The molecular weight excluding hydrogens is 226 g/mol. The fourth-order valence-corrected chi connectivity index (χ4v) is 1.98. The van der Waals surface area contributed by atoms with Crippen molar-refractivity contribution in [2.24, 2.45) is 5.92 Å². The lowest BCUT2D eigenvalue weighted by Gasteiger charge is -2.08. The van der Waals surface area contributed by atoms with Crippen molar-refractivity contribution in [2.45, 2.75) is 20.3 Å². The number of fused-ring (bicyclic) bond motifs is 1. The van der Waals surface area contributed by atoms with Gasteiger partial charge in [0.1, 0.15) is 5.92 Å². The van der Waals surface area contributed by atoms with Crippen LogP contribution in [-0.4, -0.2) is 10.9 Å². The van der Waals surface area contributed by atoms with Crippen LogP contribution in [0.15, 0.2) is 24.3 Å². The van der Waals surface area contributed by atoms with Crippen molar-refractivity contribution >= 4 is 22.5 Å². The predicted octanol–water partition coefficient (Wildman–Crippen LogP) is 2.96. The van der Waals surface area contributed by atoms with Crippen LogP contribution in [0, 0.1) is 24.2 Å². The summed E-state index contributed by atoms with van der Waals surface area (Å²) in [5, 5.41) is 12.7. The number of aromatic amines is 1. The summed E-state index contributed by atoms with van der Waals surface area (Å²) in [5.41, 5.74) is 2.65. The van der Waals surface area contributed by atoms with Gasteiger partial charge in [0, 0.05) is 16.6 Å². The van der Waals surface area contributed by atoms with E-state index in [9.17, 15) is 4.79 Å². The first kappa shape index (κ1) is 12.2. The van der Waals surface area contributed by atoms with Crippen LogP contribution in [0.5, 0.6) is 0 Å². The molecule has 0 saturated carbocycles. The molecule has 1 amide bonds. The van der Waals surface area contributed by atoms with Gasteiger partial charge < -0.3 is 10.3 Å². The fourth-order valence-electron chi connectivity index (χ4n) is 1.98. The van der Waals surface area contributed by atoms with Crippen LogP contribution in [0.1, 0.15) is 19.0 Å². The first-order valence-corrected chi connectivity index (χ1v) is 5.95. The van der Waals surface area contributed by atoms with Gasteiger partial charge in [-0.05, 0) is 19.4 Å². The molecule has 1 atom stereocenters. The number of nitrogens with one attached hydrogen (secondary N) is 2. The lowest BCUT2D eigenvalue weighted by molar-refractivity contribution is -0.118. The number of benzene rings is 1. The number of aromatic nitrogens is 1. The van der Waals surface area contributed by atoms with E-state index in [1.54, 1.807) is 0 Å². The molecule has 0 saturated heterocycles. The Balaban J connectivity index is 2.35. The highest BCUT2D eigenvalue weighted by Crippen LogP contribution is 2.27. The summed E-state index contributed by atoms with van der Waals surface area (Å²) in [7, 11) is 0. The number of H-pyrrole nitrogens is 1. The van der Waals surface area contributed by atoms with Gasteiger partial charge in [-0.1, -0.05) is 25.1 Å².